The lowest BCUT2D eigenvalue weighted by atomic mass is 10.1. The smallest absolute Gasteiger partial charge is 0.237 e. The van der Waals surface area contributed by atoms with Crippen molar-refractivity contribution < 1.29 is 4.79 Å². The molecule has 1 atom stereocenters. The number of aromatic nitrogens is 3. The van der Waals surface area contributed by atoms with E-state index >= 15 is 0 Å². The lowest BCUT2D eigenvalue weighted by Crippen LogP contribution is -2.22. The summed E-state index contributed by atoms with van der Waals surface area (Å²) in [5.74, 6) is 0.778. The molecular formula is C17H18N4OS. The van der Waals surface area contributed by atoms with Crippen molar-refractivity contribution in [1.82, 2.24) is 14.8 Å². The molecule has 0 aliphatic carbocycles. The molecule has 0 aliphatic heterocycles. The third kappa shape index (κ3) is 3.37. The van der Waals surface area contributed by atoms with Gasteiger partial charge in [0.2, 0.25) is 5.91 Å². The Morgan fingerprint density at radius 2 is 1.91 bits per heavy atom. The second-order valence-corrected chi connectivity index (χ2v) is 6.71. The molecule has 0 spiro atoms. The van der Waals surface area contributed by atoms with E-state index < -0.39 is 0 Å². The fourth-order valence-electron chi connectivity index (χ4n) is 2.21. The minimum absolute atomic E-state index is 0.0501. The molecule has 0 unspecified atom stereocenters. The predicted molar refractivity (Wildman–Crippen MR) is 93.6 cm³/mol. The number of benzene rings is 2. The van der Waals surface area contributed by atoms with Gasteiger partial charge < -0.3 is 9.88 Å². The Morgan fingerprint density at radius 1 is 1.17 bits per heavy atom. The molecule has 2 aromatic carbocycles. The van der Waals surface area contributed by atoms with Gasteiger partial charge in [0.1, 0.15) is 5.82 Å². The lowest BCUT2D eigenvalue weighted by Gasteiger charge is -2.12. The summed E-state index contributed by atoms with van der Waals surface area (Å²) in [5.41, 5.74) is 0.801. The molecule has 0 fully saturated rings. The molecule has 3 rings (SSSR count). The Kier molecular flexibility index (Phi) is 4.34. The van der Waals surface area contributed by atoms with Gasteiger partial charge in [0.05, 0.1) is 5.25 Å². The summed E-state index contributed by atoms with van der Waals surface area (Å²) >= 11 is 1.40. The van der Waals surface area contributed by atoms with Crippen molar-refractivity contribution in [1.29, 1.82) is 0 Å². The van der Waals surface area contributed by atoms with Gasteiger partial charge in [-0.15, -0.1) is 10.2 Å². The van der Waals surface area contributed by atoms with Crippen molar-refractivity contribution in [3.05, 3.63) is 48.3 Å². The quantitative estimate of drug-likeness (QED) is 0.747. The summed E-state index contributed by atoms with van der Waals surface area (Å²) in [6, 6.07) is 14.0. The summed E-state index contributed by atoms with van der Waals surface area (Å²) < 4.78 is 1.88. The van der Waals surface area contributed by atoms with Crippen molar-refractivity contribution in [2.45, 2.75) is 24.3 Å². The van der Waals surface area contributed by atoms with E-state index in [2.05, 4.69) is 21.6 Å². The van der Waals surface area contributed by atoms with Gasteiger partial charge in [-0.3, -0.25) is 4.79 Å². The topological polar surface area (TPSA) is 59.8 Å². The van der Waals surface area contributed by atoms with Crippen LogP contribution in [0.25, 0.3) is 10.8 Å². The molecule has 0 bridgehead atoms. The highest BCUT2D eigenvalue weighted by Gasteiger charge is 2.18. The first-order chi connectivity index (χ1) is 11.0. The average molecular weight is 326 g/mol. The fourth-order valence-corrected chi connectivity index (χ4v) is 3.07. The van der Waals surface area contributed by atoms with E-state index in [4.69, 9.17) is 0 Å². The van der Waals surface area contributed by atoms with Crippen LogP contribution in [0.4, 0.5) is 5.69 Å². The molecule has 0 saturated carbocycles. The van der Waals surface area contributed by atoms with Gasteiger partial charge in [0.25, 0.3) is 0 Å². The summed E-state index contributed by atoms with van der Waals surface area (Å²) in [5, 5.41) is 13.8. The maximum atomic E-state index is 12.4. The van der Waals surface area contributed by atoms with Gasteiger partial charge in [-0.05, 0) is 36.8 Å². The highest BCUT2D eigenvalue weighted by Crippen LogP contribution is 2.23. The molecule has 3 aromatic rings. The zero-order chi connectivity index (χ0) is 16.4. The predicted octanol–water partition coefficient (Wildman–Crippen LogP) is 3.40. The first-order valence-electron chi connectivity index (χ1n) is 7.37. The number of anilines is 1. The third-order valence-electron chi connectivity index (χ3n) is 3.72. The molecule has 118 valence electrons. The van der Waals surface area contributed by atoms with Crippen molar-refractivity contribution in [3.63, 3.8) is 0 Å². The van der Waals surface area contributed by atoms with Gasteiger partial charge in [-0.2, -0.15) is 0 Å². The van der Waals surface area contributed by atoms with Gasteiger partial charge in [-0.1, -0.05) is 42.1 Å². The van der Waals surface area contributed by atoms with Gasteiger partial charge in [0, 0.05) is 12.7 Å². The standard InChI is InChI=1S/C17H18N4OS/c1-11(23-17-20-19-12(2)21(17)3)16(22)18-15-9-8-13-6-4-5-7-14(13)10-15/h4-11H,1-3H3,(H,18,22)/t11-/m0/s1. The van der Waals surface area contributed by atoms with E-state index in [-0.39, 0.29) is 11.2 Å². The number of nitrogens with one attached hydrogen (secondary N) is 1. The highest BCUT2D eigenvalue weighted by molar-refractivity contribution is 8.00. The van der Waals surface area contributed by atoms with Crippen LogP contribution >= 0.6 is 11.8 Å². The lowest BCUT2D eigenvalue weighted by molar-refractivity contribution is -0.115. The molecule has 1 aromatic heterocycles. The Labute approximate surface area is 139 Å². The Bertz CT molecular complexity index is 859. The van der Waals surface area contributed by atoms with E-state index in [9.17, 15) is 4.79 Å². The Hall–Kier alpha value is -2.34. The number of carbonyl (C=O) groups is 1. The van der Waals surface area contributed by atoms with E-state index in [0.29, 0.717) is 0 Å². The molecule has 0 aliphatic rings. The number of thioether (sulfide) groups is 1. The van der Waals surface area contributed by atoms with Crippen molar-refractivity contribution >= 4 is 34.1 Å². The SMILES string of the molecule is Cc1nnc(S[C@@H](C)C(=O)Nc2ccc3ccccc3c2)n1C. The molecule has 1 amide bonds. The summed E-state index contributed by atoms with van der Waals surface area (Å²) in [6.07, 6.45) is 0. The van der Waals surface area contributed by atoms with Crippen LogP contribution in [-0.2, 0) is 11.8 Å². The van der Waals surface area contributed by atoms with E-state index in [1.54, 1.807) is 0 Å². The zero-order valence-electron chi connectivity index (χ0n) is 13.3. The molecule has 23 heavy (non-hydrogen) atoms. The fraction of sp³-hybridized carbons (Fsp3) is 0.235. The summed E-state index contributed by atoms with van der Waals surface area (Å²) in [7, 11) is 1.89. The number of amides is 1. The Morgan fingerprint density at radius 3 is 2.61 bits per heavy atom. The average Bonchev–Trinajstić information content (AvgIpc) is 2.86. The van der Waals surface area contributed by atoms with Gasteiger partial charge in [0.15, 0.2) is 5.16 Å². The molecule has 0 saturated heterocycles. The monoisotopic (exact) mass is 326 g/mol. The molecule has 0 radical (unpaired) electrons. The van der Waals surface area contributed by atoms with Gasteiger partial charge >= 0.3 is 0 Å². The number of hydrogen-bond donors (Lipinski definition) is 1. The van der Waals surface area contributed by atoms with E-state index in [1.807, 2.05) is 61.9 Å². The number of rotatable bonds is 4. The first-order valence-corrected chi connectivity index (χ1v) is 8.25. The van der Waals surface area contributed by atoms with E-state index in [0.717, 1.165) is 27.4 Å². The molecule has 1 heterocycles. The zero-order valence-corrected chi connectivity index (χ0v) is 14.1. The van der Waals surface area contributed by atoms with Crippen LogP contribution in [0.5, 0.6) is 0 Å². The largest absolute Gasteiger partial charge is 0.325 e. The minimum atomic E-state index is -0.260. The van der Waals surface area contributed by atoms with Crippen LogP contribution in [0.3, 0.4) is 0 Å². The van der Waals surface area contributed by atoms with Crippen molar-refractivity contribution in [2.24, 2.45) is 7.05 Å². The summed E-state index contributed by atoms with van der Waals surface area (Å²) in [4.78, 5) is 12.4. The maximum Gasteiger partial charge on any atom is 0.237 e. The molecular weight excluding hydrogens is 308 g/mol. The minimum Gasteiger partial charge on any atom is -0.325 e. The second kappa shape index (κ2) is 6.42. The van der Waals surface area contributed by atoms with Crippen LogP contribution in [0.1, 0.15) is 12.7 Å². The molecule has 6 heteroatoms. The third-order valence-corrected chi connectivity index (χ3v) is 4.85. The van der Waals surface area contributed by atoms with Crippen LogP contribution in [0.2, 0.25) is 0 Å². The van der Waals surface area contributed by atoms with Crippen LogP contribution in [0, 0.1) is 6.92 Å². The maximum absolute atomic E-state index is 12.4. The van der Waals surface area contributed by atoms with Crippen LogP contribution in [-0.4, -0.2) is 25.9 Å². The number of hydrogen-bond acceptors (Lipinski definition) is 4. The summed E-state index contributed by atoms with van der Waals surface area (Å²) in [6.45, 7) is 3.75. The van der Waals surface area contributed by atoms with Gasteiger partial charge in [-0.25, -0.2) is 0 Å². The number of fused-ring (bicyclic) bond motifs is 1. The molecule has 1 N–H and O–H groups in total. The van der Waals surface area contributed by atoms with Crippen molar-refractivity contribution in [2.75, 3.05) is 5.32 Å². The highest BCUT2D eigenvalue weighted by atomic mass is 32.2. The normalized spacial score (nSPS) is 12.3. The Balaban J connectivity index is 1.70. The van der Waals surface area contributed by atoms with E-state index in [1.165, 1.54) is 11.8 Å². The number of nitrogens with zero attached hydrogens (tertiary/aromatic N) is 3. The number of aryl methyl sites for hydroxylation is 1. The van der Waals surface area contributed by atoms with Crippen LogP contribution in [0.15, 0.2) is 47.6 Å². The second-order valence-electron chi connectivity index (χ2n) is 5.40. The molecule has 5 nitrogen and oxygen atoms in total. The van der Waals surface area contributed by atoms with Crippen molar-refractivity contribution in [3.8, 4) is 0 Å². The van der Waals surface area contributed by atoms with Crippen LogP contribution < -0.4 is 5.32 Å². The first kappa shape index (κ1) is 15.6. The number of carbonyl (C=O) groups excluding carboxylic acids is 1.